The number of carbonyl (C=O) groups is 1. The zero-order valence-electron chi connectivity index (χ0n) is 10.8. The normalized spacial score (nSPS) is 10.2. The van der Waals surface area contributed by atoms with Crippen LogP contribution >= 0.6 is 15.9 Å². The summed E-state index contributed by atoms with van der Waals surface area (Å²) in [7, 11) is 0. The van der Waals surface area contributed by atoms with Crippen LogP contribution in [0, 0.1) is 0 Å². The first-order valence-electron chi connectivity index (χ1n) is 6.18. The van der Waals surface area contributed by atoms with Crippen molar-refractivity contribution >= 4 is 27.5 Å². The van der Waals surface area contributed by atoms with Crippen LogP contribution < -0.4 is 10.8 Å². The van der Waals surface area contributed by atoms with Crippen molar-refractivity contribution in [1.29, 1.82) is 0 Å². The molecule has 0 saturated heterocycles. The Morgan fingerprint density at radius 2 is 1.75 bits per heavy atom. The summed E-state index contributed by atoms with van der Waals surface area (Å²) in [6.07, 6.45) is 0. The van der Waals surface area contributed by atoms with Crippen LogP contribution in [0.4, 0.5) is 5.69 Å². The lowest BCUT2D eigenvalue weighted by Gasteiger charge is -2.07. The number of hydrogen-bond donors (Lipinski definition) is 2. The number of hydroxylamine groups is 1. The van der Waals surface area contributed by atoms with E-state index in [0.717, 1.165) is 15.7 Å². The molecule has 2 aromatic rings. The molecule has 5 heteroatoms. The molecular formula is C15H15BrN2O2. The predicted molar refractivity (Wildman–Crippen MR) is 82.0 cm³/mol. The fraction of sp³-hybridized carbons (Fsp3) is 0.133. The molecule has 0 atom stereocenters. The second-order valence-electron chi connectivity index (χ2n) is 4.15. The Bertz CT molecular complexity index is 544. The molecule has 0 unspecified atom stereocenters. The molecule has 0 spiro atoms. The summed E-state index contributed by atoms with van der Waals surface area (Å²) >= 11 is 3.34. The summed E-state index contributed by atoms with van der Waals surface area (Å²) in [6.45, 7) is 0.523. The van der Waals surface area contributed by atoms with Crippen molar-refractivity contribution in [3.05, 3.63) is 64.6 Å². The highest BCUT2D eigenvalue weighted by Gasteiger charge is 2.01. The molecule has 0 heterocycles. The van der Waals surface area contributed by atoms with Gasteiger partial charge in [0.1, 0.15) is 6.54 Å². The number of amides is 1. The Kier molecular flexibility index (Phi) is 5.73. The number of halogens is 1. The van der Waals surface area contributed by atoms with Gasteiger partial charge in [-0.15, -0.1) is 0 Å². The molecule has 2 aromatic carbocycles. The van der Waals surface area contributed by atoms with Gasteiger partial charge >= 0.3 is 0 Å². The van der Waals surface area contributed by atoms with E-state index in [9.17, 15) is 4.79 Å². The molecule has 0 aliphatic carbocycles. The quantitative estimate of drug-likeness (QED) is 0.630. The Morgan fingerprint density at radius 3 is 2.45 bits per heavy atom. The second-order valence-corrected chi connectivity index (χ2v) is 5.07. The van der Waals surface area contributed by atoms with Gasteiger partial charge < -0.3 is 5.32 Å². The van der Waals surface area contributed by atoms with Crippen molar-refractivity contribution in [2.75, 3.05) is 11.9 Å². The number of anilines is 1. The van der Waals surface area contributed by atoms with Gasteiger partial charge in [-0.1, -0.05) is 46.3 Å². The van der Waals surface area contributed by atoms with Crippen LogP contribution in [0.15, 0.2) is 59.1 Å². The second kappa shape index (κ2) is 7.79. The van der Waals surface area contributed by atoms with Crippen LogP contribution in [0.3, 0.4) is 0 Å². The minimum Gasteiger partial charge on any atom is -0.325 e. The van der Waals surface area contributed by atoms with Crippen LogP contribution in [-0.4, -0.2) is 12.5 Å². The van der Waals surface area contributed by atoms with Gasteiger partial charge in [0.2, 0.25) is 5.91 Å². The molecule has 2 N–H and O–H groups in total. The Hall–Kier alpha value is -1.69. The average Bonchev–Trinajstić information content (AvgIpc) is 2.47. The average molecular weight is 335 g/mol. The largest absolute Gasteiger partial charge is 0.325 e. The summed E-state index contributed by atoms with van der Waals surface area (Å²) < 4.78 is 0.972. The first kappa shape index (κ1) is 14.7. The summed E-state index contributed by atoms with van der Waals surface area (Å²) in [6, 6.07) is 17.1. The predicted octanol–water partition coefficient (Wildman–Crippen LogP) is 3.11. The van der Waals surface area contributed by atoms with Crippen molar-refractivity contribution in [1.82, 2.24) is 5.48 Å². The zero-order chi connectivity index (χ0) is 14.2. The Labute approximate surface area is 126 Å². The maximum atomic E-state index is 11.6. The van der Waals surface area contributed by atoms with Gasteiger partial charge in [-0.2, -0.15) is 5.48 Å². The molecule has 1 amide bonds. The first-order chi connectivity index (χ1) is 9.74. The van der Waals surface area contributed by atoms with Crippen molar-refractivity contribution < 1.29 is 9.63 Å². The maximum Gasteiger partial charge on any atom is 0.240 e. The number of rotatable bonds is 6. The summed E-state index contributed by atoms with van der Waals surface area (Å²) in [5.41, 5.74) is 4.45. The minimum atomic E-state index is -0.152. The first-order valence-corrected chi connectivity index (χ1v) is 6.97. The monoisotopic (exact) mass is 334 g/mol. The van der Waals surface area contributed by atoms with Gasteiger partial charge in [0, 0.05) is 10.2 Å². The summed E-state index contributed by atoms with van der Waals surface area (Å²) in [4.78, 5) is 16.9. The van der Waals surface area contributed by atoms with Gasteiger partial charge in [0.15, 0.2) is 0 Å². The summed E-state index contributed by atoms with van der Waals surface area (Å²) in [5.74, 6) is -0.152. The van der Waals surface area contributed by atoms with Crippen molar-refractivity contribution in [3.63, 3.8) is 0 Å². The highest BCUT2D eigenvalue weighted by atomic mass is 79.9. The molecule has 0 radical (unpaired) electrons. The van der Waals surface area contributed by atoms with Gasteiger partial charge in [-0.05, 0) is 29.8 Å². The van der Waals surface area contributed by atoms with Gasteiger partial charge in [-0.25, -0.2) is 0 Å². The lowest BCUT2D eigenvalue weighted by molar-refractivity contribution is -0.118. The van der Waals surface area contributed by atoms with Crippen molar-refractivity contribution in [3.8, 4) is 0 Å². The van der Waals surface area contributed by atoms with Gasteiger partial charge in [-0.3, -0.25) is 9.63 Å². The smallest absolute Gasteiger partial charge is 0.240 e. The molecule has 20 heavy (non-hydrogen) atoms. The van der Waals surface area contributed by atoms with E-state index in [1.165, 1.54) is 0 Å². The number of nitrogens with one attached hydrogen (secondary N) is 2. The molecule has 4 nitrogen and oxygen atoms in total. The lowest BCUT2D eigenvalue weighted by atomic mass is 10.2. The van der Waals surface area contributed by atoms with Crippen LogP contribution in [0.2, 0.25) is 0 Å². The minimum absolute atomic E-state index is 0.100. The SMILES string of the molecule is O=C(CNOCc1ccccc1)Nc1ccc(Br)cc1. The standard InChI is InChI=1S/C15H15BrN2O2/c16-13-6-8-14(9-7-13)18-15(19)10-17-20-11-12-4-2-1-3-5-12/h1-9,17H,10-11H2,(H,18,19). The third kappa shape index (κ3) is 5.13. The Morgan fingerprint density at radius 1 is 1.05 bits per heavy atom. The molecular weight excluding hydrogens is 320 g/mol. The van der Waals surface area contributed by atoms with E-state index in [1.807, 2.05) is 54.6 Å². The van der Waals surface area contributed by atoms with Crippen LogP contribution in [-0.2, 0) is 16.2 Å². The third-order valence-electron chi connectivity index (χ3n) is 2.54. The maximum absolute atomic E-state index is 11.6. The van der Waals surface area contributed by atoms with Gasteiger partial charge in [0.05, 0.1) is 6.61 Å². The van der Waals surface area contributed by atoms with E-state index in [1.54, 1.807) is 0 Å². The molecule has 0 fully saturated rings. The van der Waals surface area contributed by atoms with E-state index in [-0.39, 0.29) is 12.5 Å². The number of hydrogen-bond acceptors (Lipinski definition) is 3. The zero-order valence-corrected chi connectivity index (χ0v) is 12.4. The fourth-order valence-electron chi connectivity index (χ4n) is 1.56. The number of carbonyl (C=O) groups excluding carboxylic acids is 1. The molecule has 104 valence electrons. The molecule has 0 aromatic heterocycles. The Balaban J connectivity index is 1.66. The molecule has 0 bridgehead atoms. The molecule has 0 aliphatic rings. The van der Waals surface area contributed by atoms with Crippen LogP contribution in [0.25, 0.3) is 0 Å². The van der Waals surface area contributed by atoms with E-state index in [0.29, 0.717) is 6.61 Å². The van der Waals surface area contributed by atoms with E-state index < -0.39 is 0 Å². The molecule has 0 saturated carbocycles. The highest BCUT2D eigenvalue weighted by Crippen LogP contribution is 2.13. The van der Waals surface area contributed by atoms with Crippen molar-refractivity contribution in [2.45, 2.75) is 6.61 Å². The third-order valence-corrected chi connectivity index (χ3v) is 3.07. The topological polar surface area (TPSA) is 50.4 Å². The van der Waals surface area contributed by atoms with E-state index in [2.05, 4.69) is 26.7 Å². The van der Waals surface area contributed by atoms with Crippen LogP contribution in [0.5, 0.6) is 0 Å². The lowest BCUT2D eigenvalue weighted by Crippen LogP contribution is -2.28. The number of benzene rings is 2. The highest BCUT2D eigenvalue weighted by molar-refractivity contribution is 9.10. The van der Waals surface area contributed by atoms with E-state index in [4.69, 9.17) is 4.84 Å². The van der Waals surface area contributed by atoms with E-state index >= 15 is 0 Å². The van der Waals surface area contributed by atoms with Crippen molar-refractivity contribution in [2.24, 2.45) is 0 Å². The van der Waals surface area contributed by atoms with Gasteiger partial charge in [0.25, 0.3) is 0 Å². The fourth-order valence-corrected chi connectivity index (χ4v) is 1.83. The van der Waals surface area contributed by atoms with Crippen LogP contribution in [0.1, 0.15) is 5.56 Å². The summed E-state index contributed by atoms with van der Waals surface area (Å²) in [5, 5.41) is 2.77. The molecule has 2 rings (SSSR count). The molecule has 0 aliphatic heterocycles.